The standard InChI is InChI=1S/C13H18/c1-4-8-13(11(2)3)12-9-6-5-7-10-12/h4-11,13H,1-3H3/b8-4-. The molecule has 13 heavy (non-hydrogen) atoms. The highest BCUT2D eigenvalue weighted by Crippen LogP contribution is 2.25. The number of hydrogen-bond acceptors (Lipinski definition) is 0. The van der Waals surface area contributed by atoms with Crippen molar-refractivity contribution in [2.75, 3.05) is 0 Å². The Morgan fingerprint density at radius 2 is 1.69 bits per heavy atom. The molecule has 0 spiro atoms. The number of hydrogen-bond donors (Lipinski definition) is 0. The highest BCUT2D eigenvalue weighted by atomic mass is 14.1. The van der Waals surface area contributed by atoms with E-state index in [-0.39, 0.29) is 0 Å². The molecule has 1 aromatic rings. The molecule has 0 bridgehead atoms. The lowest BCUT2D eigenvalue weighted by atomic mass is 9.88. The first-order valence-electron chi connectivity index (χ1n) is 4.93. The lowest BCUT2D eigenvalue weighted by Gasteiger charge is -2.16. The summed E-state index contributed by atoms with van der Waals surface area (Å²) in [7, 11) is 0. The molecule has 1 unspecified atom stereocenters. The summed E-state index contributed by atoms with van der Waals surface area (Å²) in [5.41, 5.74) is 1.41. The predicted octanol–water partition coefficient (Wildman–Crippen LogP) is 4.00. The molecule has 0 aromatic heterocycles. The third-order valence-electron chi connectivity index (χ3n) is 2.30. The maximum Gasteiger partial charge on any atom is 0.00408 e. The van der Waals surface area contributed by atoms with E-state index in [1.165, 1.54) is 5.56 Å². The van der Waals surface area contributed by atoms with Gasteiger partial charge in [0, 0.05) is 5.92 Å². The van der Waals surface area contributed by atoms with Gasteiger partial charge in [0.05, 0.1) is 0 Å². The van der Waals surface area contributed by atoms with Crippen LogP contribution >= 0.6 is 0 Å². The molecule has 0 fully saturated rings. The van der Waals surface area contributed by atoms with Crippen molar-refractivity contribution in [1.82, 2.24) is 0 Å². The highest BCUT2D eigenvalue weighted by Gasteiger charge is 2.10. The zero-order valence-electron chi connectivity index (χ0n) is 8.70. The number of benzene rings is 1. The first kappa shape index (κ1) is 10.0. The smallest absolute Gasteiger partial charge is 0.00408 e. The van der Waals surface area contributed by atoms with Crippen LogP contribution in [0.1, 0.15) is 32.3 Å². The minimum absolute atomic E-state index is 0.561. The molecule has 0 saturated carbocycles. The van der Waals surface area contributed by atoms with E-state index in [1.807, 2.05) is 0 Å². The quantitative estimate of drug-likeness (QED) is 0.607. The second-order valence-electron chi connectivity index (χ2n) is 3.71. The number of rotatable bonds is 3. The molecule has 70 valence electrons. The van der Waals surface area contributed by atoms with Crippen molar-refractivity contribution in [3.8, 4) is 0 Å². The molecule has 1 aromatic carbocycles. The Hall–Kier alpha value is -1.04. The zero-order chi connectivity index (χ0) is 9.68. The van der Waals surface area contributed by atoms with E-state index in [0.717, 1.165) is 0 Å². The van der Waals surface area contributed by atoms with Crippen molar-refractivity contribution in [3.05, 3.63) is 48.0 Å². The molecule has 0 aliphatic heterocycles. The van der Waals surface area contributed by atoms with Gasteiger partial charge in [-0.25, -0.2) is 0 Å². The van der Waals surface area contributed by atoms with Crippen LogP contribution in [-0.2, 0) is 0 Å². The third kappa shape index (κ3) is 2.73. The molecule has 0 heterocycles. The fraction of sp³-hybridized carbons (Fsp3) is 0.385. The van der Waals surface area contributed by atoms with Crippen molar-refractivity contribution in [2.24, 2.45) is 5.92 Å². The summed E-state index contributed by atoms with van der Waals surface area (Å²) in [6.45, 7) is 6.60. The largest absolute Gasteiger partial charge is 0.0910 e. The summed E-state index contributed by atoms with van der Waals surface area (Å²) < 4.78 is 0. The van der Waals surface area contributed by atoms with Gasteiger partial charge in [0.1, 0.15) is 0 Å². The van der Waals surface area contributed by atoms with Gasteiger partial charge in [-0.15, -0.1) is 0 Å². The summed E-state index contributed by atoms with van der Waals surface area (Å²) in [6, 6.07) is 10.7. The Bertz CT molecular complexity index is 257. The van der Waals surface area contributed by atoms with Crippen molar-refractivity contribution in [1.29, 1.82) is 0 Å². The van der Waals surface area contributed by atoms with Gasteiger partial charge in [-0.05, 0) is 18.4 Å². The van der Waals surface area contributed by atoms with E-state index in [0.29, 0.717) is 11.8 Å². The minimum Gasteiger partial charge on any atom is -0.0910 e. The van der Waals surface area contributed by atoms with E-state index in [9.17, 15) is 0 Å². The molecule has 0 radical (unpaired) electrons. The van der Waals surface area contributed by atoms with Crippen LogP contribution in [0.3, 0.4) is 0 Å². The summed E-state index contributed by atoms with van der Waals surface area (Å²) in [5.74, 6) is 1.23. The molecule has 0 aliphatic rings. The van der Waals surface area contributed by atoms with E-state index in [2.05, 4.69) is 63.3 Å². The van der Waals surface area contributed by atoms with Crippen LogP contribution < -0.4 is 0 Å². The van der Waals surface area contributed by atoms with Crippen LogP contribution in [0.4, 0.5) is 0 Å². The van der Waals surface area contributed by atoms with Crippen LogP contribution in [0.5, 0.6) is 0 Å². The number of allylic oxidation sites excluding steroid dienone is 2. The van der Waals surface area contributed by atoms with Crippen LogP contribution in [0.2, 0.25) is 0 Å². The SMILES string of the molecule is C/C=C\C(c1ccccc1)C(C)C. The van der Waals surface area contributed by atoms with Gasteiger partial charge < -0.3 is 0 Å². The van der Waals surface area contributed by atoms with Gasteiger partial charge >= 0.3 is 0 Å². The summed E-state index contributed by atoms with van der Waals surface area (Å²) >= 11 is 0. The molecule has 0 aliphatic carbocycles. The Morgan fingerprint density at radius 3 is 2.15 bits per heavy atom. The fourth-order valence-corrected chi connectivity index (χ4v) is 1.60. The predicted molar refractivity (Wildman–Crippen MR) is 58.8 cm³/mol. The lowest BCUT2D eigenvalue weighted by molar-refractivity contribution is 0.578. The van der Waals surface area contributed by atoms with Crippen molar-refractivity contribution in [2.45, 2.75) is 26.7 Å². The first-order valence-corrected chi connectivity index (χ1v) is 4.93. The summed E-state index contributed by atoms with van der Waals surface area (Å²) in [5, 5.41) is 0. The molecule has 1 rings (SSSR count). The van der Waals surface area contributed by atoms with Gasteiger partial charge in [-0.2, -0.15) is 0 Å². The van der Waals surface area contributed by atoms with Crippen molar-refractivity contribution >= 4 is 0 Å². The van der Waals surface area contributed by atoms with Crippen LogP contribution in [0.15, 0.2) is 42.5 Å². The molecular formula is C13H18. The summed E-state index contributed by atoms with van der Waals surface area (Å²) in [4.78, 5) is 0. The van der Waals surface area contributed by atoms with Crippen molar-refractivity contribution in [3.63, 3.8) is 0 Å². The molecule has 0 saturated heterocycles. The summed E-state index contributed by atoms with van der Waals surface area (Å²) in [6.07, 6.45) is 4.41. The first-order chi connectivity index (χ1) is 6.25. The monoisotopic (exact) mass is 174 g/mol. The van der Waals surface area contributed by atoms with E-state index in [1.54, 1.807) is 0 Å². The second-order valence-corrected chi connectivity index (χ2v) is 3.71. The molecule has 0 heteroatoms. The van der Waals surface area contributed by atoms with Gasteiger partial charge in [0.25, 0.3) is 0 Å². The van der Waals surface area contributed by atoms with Crippen LogP contribution in [-0.4, -0.2) is 0 Å². The van der Waals surface area contributed by atoms with Gasteiger partial charge in [0.15, 0.2) is 0 Å². The Labute approximate surface area is 81.3 Å². The average Bonchev–Trinajstić information content (AvgIpc) is 2.15. The Morgan fingerprint density at radius 1 is 1.08 bits per heavy atom. The van der Waals surface area contributed by atoms with E-state index < -0.39 is 0 Å². The van der Waals surface area contributed by atoms with E-state index >= 15 is 0 Å². The van der Waals surface area contributed by atoms with Crippen LogP contribution in [0.25, 0.3) is 0 Å². The zero-order valence-corrected chi connectivity index (χ0v) is 8.70. The second kappa shape index (κ2) is 4.86. The fourth-order valence-electron chi connectivity index (χ4n) is 1.60. The van der Waals surface area contributed by atoms with Crippen LogP contribution in [0, 0.1) is 5.92 Å². The molecule has 0 N–H and O–H groups in total. The average molecular weight is 174 g/mol. The minimum atomic E-state index is 0.561. The topological polar surface area (TPSA) is 0 Å². The lowest BCUT2D eigenvalue weighted by Crippen LogP contribution is -2.03. The Kier molecular flexibility index (Phi) is 3.75. The van der Waals surface area contributed by atoms with Gasteiger partial charge in [-0.3, -0.25) is 0 Å². The maximum absolute atomic E-state index is 2.28. The van der Waals surface area contributed by atoms with E-state index in [4.69, 9.17) is 0 Å². The molecule has 0 amide bonds. The molecular weight excluding hydrogens is 156 g/mol. The maximum atomic E-state index is 2.28. The molecule has 0 nitrogen and oxygen atoms in total. The van der Waals surface area contributed by atoms with Crippen molar-refractivity contribution < 1.29 is 0 Å². The van der Waals surface area contributed by atoms with Gasteiger partial charge in [-0.1, -0.05) is 56.3 Å². The third-order valence-corrected chi connectivity index (χ3v) is 2.30. The normalized spacial score (nSPS) is 13.8. The van der Waals surface area contributed by atoms with Gasteiger partial charge in [0.2, 0.25) is 0 Å². The highest BCUT2D eigenvalue weighted by molar-refractivity contribution is 5.24. The molecule has 1 atom stereocenters. The Balaban J connectivity index is 2.89.